The fourth-order valence-electron chi connectivity index (χ4n) is 2.56. The fourth-order valence-corrected chi connectivity index (χ4v) is 3.59. The summed E-state index contributed by atoms with van der Waals surface area (Å²) in [5.41, 5.74) is 1.57. The number of H-pyrrole nitrogens is 1. The first-order valence-corrected chi connectivity index (χ1v) is 8.60. The number of carbonyl (C=O) groups is 1. The van der Waals surface area contributed by atoms with E-state index in [4.69, 9.17) is 4.74 Å². The molecule has 1 aromatic carbocycles. The average Bonchev–Trinajstić information content (AvgIpc) is 2.84. The van der Waals surface area contributed by atoms with Crippen molar-refractivity contribution in [3.8, 4) is 5.75 Å². The molecule has 2 heterocycles. The molecule has 0 saturated heterocycles. The first kappa shape index (κ1) is 17.2. The summed E-state index contributed by atoms with van der Waals surface area (Å²) >= 11 is 1.43. The zero-order valence-corrected chi connectivity index (χ0v) is 15.2. The number of aryl methyl sites for hydroxylation is 3. The van der Waals surface area contributed by atoms with Crippen LogP contribution in [0.3, 0.4) is 0 Å². The van der Waals surface area contributed by atoms with Crippen LogP contribution >= 0.6 is 11.3 Å². The standard InChI is InChI=1S/C18H18N2O4S/c1-8-5-6-13(21)12(7-8)18(23)24-10(3)15-19-16(22)14-9(2)11(4)25-17(14)20-15/h5-7,10,21H,1-4H3,(H,19,20,22)/t10-/m1/s1. The number of thiophene rings is 1. The minimum atomic E-state index is -0.757. The lowest BCUT2D eigenvalue weighted by Gasteiger charge is -2.13. The molecule has 0 bridgehead atoms. The molecule has 0 radical (unpaired) electrons. The third kappa shape index (κ3) is 3.15. The molecule has 2 N–H and O–H groups in total. The van der Waals surface area contributed by atoms with Crippen LogP contribution in [0.1, 0.15) is 45.2 Å². The first-order valence-electron chi connectivity index (χ1n) is 7.78. The third-order valence-corrected chi connectivity index (χ3v) is 5.20. The predicted octanol–water partition coefficient (Wildman–Crippen LogP) is 3.53. The number of carbonyl (C=O) groups excluding carboxylic acids is 1. The largest absolute Gasteiger partial charge is 0.507 e. The summed E-state index contributed by atoms with van der Waals surface area (Å²) in [6.07, 6.45) is -0.757. The van der Waals surface area contributed by atoms with Gasteiger partial charge in [-0.2, -0.15) is 0 Å². The zero-order chi connectivity index (χ0) is 18.3. The average molecular weight is 358 g/mol. The third-order valence-electron chi connectivity index (χ3n) is 4.10. The van der Waals surface area contributed by atoms with Crippen molar-refractivity contribution in [2.24, 2.45) is 0 Å². The molecular formula is C18H18N2O4S. The summed E-state index contributed by atoms with van der Waals surface area (Å²) in [5, 5.41) is 10.4. The van der Waals surface area contributed by atoms with Crippen molar-refractivity contribution in [1.82, 2.24) is 9.97 Å². The van der Waals surface area contributed by atoms with Gasteiger partial charge in [-0.3, -0.25) is 4.79 Å². The predicted molar refractivity (Wildman–Crippen MR) is 96.4 cm³/mol. The number of nitrogens with zero attached hydrogens (tertiary/aromatic N) is 1. The first-order chi connectivity index (χ1) is 11.8. The quantitative estimate of drug-likeness (QED) is 0.699. The highest BCUT2D eigenvalue weighted by Crippen LogP contribution is 2.27. The maximum absolute atomic E-state index is 12.3. The molecule has 0 saturated carbocycles. The van der Waals surface area contributed by atoms with E-state index in [0.29, 0.717) is 10.2 Å². The van der Waals surface area contributed by atoms with E-state index in [1.165, 1.54) is 17.4 Å². The van der Waals surface area contributed by atoms with E-state index in [1.54, 1.807) is 19.1 Å². The van der Waals surface area contributed by atoms with Crippen LogP contribution in [0.2, 0.25) is 0 Å². The second-order valence-electron chi connectivity index (χ2n) is 5.98. The van der Waals surface area contributed by atoms with Crippen molar-refractivity contribution in [3.05, 3.63) is 55.9 Å². The van der Waals surface area contributed by atoms with E-state index in [-0.39, 0.29) is 22.7 Å². The summed E-state index contributed by atoms with van der Waals surface area (Å²) in [6.45, 7) is 7.26. The number of fused-ring (bicyclic) bond motifs is 1. The Kier molecular flexibility index (Phi) is 4.34. The van der Waals surface area contributed by atoms with Crippen molar-refractivity contribution in [3.63, 3.8) is 0 Å². The molecule has 6 nitrogen and oxygen atoms in total. The van der Waals surface area contributed by atoms with Crippen LogP contribution in [0.4, 0.5) is 0 Å². The van der Waals surface area contributed by atoms with Gasteiger partial charge in [0.1, 0.15) is 16.1 Å². The second kappa shape index (κ2) is 6.33. The van der Waals surface area contributed by atoms with Gasteiger partial charge in [-0.25, -0.2) is 9.78 Å². The number of aromatic hydroxyl groups is 1. The molecule has 0 fully saturated rings. The molecule has 0 aliphatic rings. The number of nitrogens with one attached hydrogen (secondary N) is 1. The molecule has 1 atom stereocenters. The van der Waals surface area contributed by atoms with Crippen LogP contribution in [-0.2, 0) is 4.74 Å². The van der Waals surface area contributed by atoms with E-state index >= 15 is 0 Å². The monoisotopic (exact) mass is 358 g/mol. The number of hydrogen-bond donors (Lipinski definition) is 2. The normalized spacial score (nSPS) is 12.3. The number of phenols is 1. The summed E-state index contributed by atoms with van der Waals surface area (Å²) in [5.74, 6) is -0.543. The van der Waals surface area contributed by atoms with Gasteiger partial charge in [0.15, 0.2) is 11.9 Å². The van der Waals surface area contributed by atoms with Crippen LogP contribution < -0.4 is 5.56 Å². The van der Waals surface area contributed by atoms with Crippen molar-refractivity contribution in [2.45, 2.75) is 33.8 Å². The number of aromatic amines is 1. The molecule has 7 heteroatoms. The van der Waals surface area contributed by atoms with E-state index in [0.717, 1.165) is 16.0 Å². The molecule has 130 valence electrons. The number of esters is 1. The molecule has 0 aliphatic heterocycles. The smallest absolute Gasteiger partial charge is 0.342 e. The maximum atomic E-state index is 12.3. The minimum absolute atomic E-state index is 0.0816. The Morgan fingerprint density at radius 1 is 1.32 bits per heavy atom. The van der Waals surface area contributed by atoms with Crippen molar-refractivity contribution >= 4 is 27.5 Å². The van der Waals surface area contributed by atoms with Crippen LogP contribution in [0.15, 0.2) is 23.0 Å². The topological polar surface area (TPSA) is 92.3 Å². The van der Waals surface area contributed by atoms with Crippen LogP contribution in [-0.4, -0.2) is 21.0 Å². The highest BCUT2D eigenvalue weighted by Gasteiger charge is 2.20. The summed E-state index contributed by atoms with van der Waals surface area (Å²) in [6, 6.07) is 4.69. The van der Waals surface area contributed by atoms with Crippen molar-refractivity contribution in [1.29, 1.82) is 0 Å². The van der Waals surface area contributed by atoms with Crippen LogP contribution in [0.25, 0.3) is 10.2 Å². The maximum Gasteiger partial charge on any atom is 0.342 e. The van der Waals surface area contributed by atoms with Crippen molar-refractivity contribution in [2.75, 3.05) is 0 Å². The van der Waals surface area contributed by atoms with Crippen molar-refractivity contribution < 1.29 is 14.6 Å². The zero-order valence-electron chi connectivity index (χ0n) is 14.3. The van der Waals surface area contributed by atoms with Gasteiger partial charge < -0.3 is 14.8 Å². The lowest BCUT2D eigenvalue weighted by molar-refractivity contribution is 0.0317. The number of ether oxygens (including phenoxy) is 1. The molecule has 0 unspecified atom stereocenters. The number of hydrogen-bond acceptors (Lipinski definition) is 6. The van der Waals surface area contributed by atoms with E-state index < -0.39 is 12.1 Å². The Labute approximate surface area is 148 Å². The molecule has 0 aliphatic carbocycles. The highest BCUT2D eigenvalue weighted by atomic mass is 32.1. The lowest BCUT2D eigenvalue weighted by atomic mass is 10.1. The summed E-state index contributed by atoms with van der Waals surface area (Å²) in [4.78, 5) is 33.4. The van der Waals surface area contributed by atoms with Gasteiger partial charge in [-0.15, -0.1) is 11.3 Å². The van der Waals surface area contributed by atoms with Crippen LogP contribution in [0.5, 0.6) is 5.75 Å². The van der Waals surface area contributed by atoms with Gasteiger partial charge >= 0.3 is 5.97 Å². The Bertz CT molecular complexity index is 1040. The number of rotatable bonds is 3. The minimum Gasteiger partial charge on any atom is -0.507 e. The summed E-state index contributed by atoms with van der Waals surface area (Å²) in [7, 11) is 0. The molecule has 0 amide bonds. The Hall–Kier alpha value is -2.67. The SMILES string of the molecule is Cc1ccc(O)c(C(=O)O[C@H](C)c2nc3sc(C)c(C)c3c(=O)[nH]2)c1. The lowest BCUT2D eigenvalue weighted by Crippen LogP contribution is -2.17. The molecule has 25 heavy (non-hydrogen) atoms. The Morgan fingerprint density at radius 3 is 2.76 bits per heavy atom. The van der Waals surface area contributed by atoms with Gasteiger partial charge in [-0.1, -0.05) is 11.6 Å². The molecule has 0 spiro atoms. The van der Waals surface area contributed by atoms with E-state index in [2.05, 4.69) is 9.97 Å². The van der Waals surface area contributed by atoms with Gasteiger partial charge in [0.05, 0.1) is 5.39 Å². The van der Waals surface area contributed by atoms with Gasteiger partial charge in [0.25, 0.3) is 5.56 Å². The van der Waals surface area contributed by atoms with Gasteiger partial charge in [0, 0.05) is 4.88 Å². The molecule has 3 aromatic rings. The van der Waals surface area contributed by atoms with Gasteiger partial charge in [-0.05, 0) is 45.4 Å². The second-order valence-corrected chi connectivity index (χ2v) is 7.19. The summed E-state index contributed by atoms with van der Waals surface area (Å²) < 4.78 is 5.37. The van der Waals surface area contributed by atoms with E-state index in [9.17, 15) is 14.7 Å². The molecular weight excluding hydrogens is 340 g/mol. The Balaban J connectivity index is 1.92. The Morgan fingerprint density at radius 2 is 2.04 bits per heavy atom. The number of phenolic OH excluding ortho intramolecular Hbond substituents is 1. The van der Waals surface area contributed by atoms with E-state index in [1.807, 2.05) is 20.8 Å². The molecule has 3 rings (SSSR count). The molecule has 2 aromatic heterocycles. The number of aromatic nitrogens is 2. The van der Waals surface area contributed by atoms with Gasteiger partial charge in [0.2, 0.25) is 0 Å². The fraction of sp³-hybridized carbons (Fsp3) is 0.278. The van der Waals surface area contributed by atoms with Crippen LogP contribution in [0, 0.1) is 20.8 Å². The number of benzene rings is 1. The highest BCUT2D eigenvalue weighted by molar-refractivity contribution is 7.18.